The molecule has 0 saturated carbocycles. The zero-order valence-corrected chi connectivity index (χ0v) is 19.2. The van der Waals surface area contributed by atoms with Gasteiger partial charge in [0.25, 0.3) is 15.6 Å². The third kappa shape index (κ3) is 4.76. The summed E-state index contributed by atoms with van der Waals surface area (Å²) < 4.78 is 34.5. The summed E-state index contributed by atoms with van der Waals surface area (Å²) in [4.78, 5) is 15.2. The van der Waals surface area contributed by atoms with Gasteiger partial charge in [-0.1, -0.05) is 48.5 Å². The number of sulfonamides is 1. The largest absolute Gasteiger partial charge is 0.457 e. The van der Waals surface area contributed by atoms with Crippen LogP contribution in [0.15, 0.2) is 111 Å². The molecule has 0 amide bonds. The number of nitrogens with one attached hydrogen (secondary N) is 1. The predicted octanol–water partition coefficient (Wildman–Crippen LogP) is 5.33. The molecule has 0 unspecified atom stereocenters. The fourth-order valence-electron chi connectivity index (χ4n) is 3.14. The summed E-state index contributed by atoms with van der Waals surface area (Å²) in [5.41, 5.74) is 0.249. The molecule has 0 atom stereocenters. The Morgan fingerprint density at radius 3 is 2.03 bits per heavy atom. The molecule has 6 nitrogen and oxygen atoms in total. The molecule has 32 heavy (non-hydrogen) atoms. The van der Waals surface area contributed by atoms with Crippen molar-refractivity contribution >= 4 is 31.6 Å². The van der Waals surface area contributed by atoms with E-state index in [2.05, 4.69) is 20.9 Å². The number of pyridine rings is 1. The molecule has 0 aliphatic rings. The topological polar surface area (TPSA) is 79.5 Å². The Labute approximate surface area is 194 Å². The van der Waals surface area contributed by atoms with Gasteiger partial charge in [-0.15, -0.1) is 0 Å². The fourth-order valence-corrected chi connectivity index (χ4v) is 5.26. The Morgan fingerprint density at radius 1 is 0.812 bits per heavy atom. The molecular weight excluding hydrogens is 492 g/mol. The minimum atomic E-state index is -4.06. The highest BCUT2D eigenvalue weighted by molar-refractivity contribution is 9.10. The van der Waals surface area contributed by atoms with Gasteiger partial charge in [0.1, 0.15) is 17.2 Å². The number of H-pyrrole nitrogens is 1. The second kappa shape index (κ2) is 9.42. The van der Waals surface area contributed by atoms with Crippen molar-refractivity contribution in [3.05, 3.63) is 118 Å². The first-order valence-electron chi connectivity index (χ1n) is 9.72. The van der Waals surface area contributed by atoms with Crippen LogP contribution >= 0.6 is 15.9 Å². The number of ether oxygens (including phenoxy) is 1. The van der Waals surface area contributed by atoms with Crippen molar-refractivity contribution in [2.75, 3.05) is 4.31 Å². The second-order valence-corrected chi connectivity index (χ2v) is 9.60. The molecule has 4 aromatic rings. The lowest BCUT2D eigenvalue weighted by atomic mass is 10.2. The van der Waals surface area contributed by atoms with Gasteiger partial charge in [-0.3, -0.25) is 9.10 Å². The van der Waals surface area contributed by atoms with E-state index in [-0.39, 0.29) is 17.1 Å². The summed E-state index contributed by atoms with van der Waals surface area (Å²) in [6.07, 6.45) is 1.46. The first-order chi connectivity index (χ1) is 15.4. The van der Waals surface area contributed by atoms with Crippen LogP contribution in [-0.2, 0) is 16.6 Å². The number of anilines is 1. The van der Waals surface area contributed by atoms with Crippen molar-refractivity contribution in [3.63, 3.8) is 0 Å². The van der Waals surface area contributed by atoms with E-state index >= 15 is 0 Å². The van der Waals surface area contributed by atoms with Crippen LogP contribution in [0.3, 0.4) is 0 Å². The lowest BCUT2D eigenvalue weighted by molar-refractivity contribution is 0.482. The molecule has 0 bridgehead atoms. The minimum Gasteiger partial charge on any atom is -0.457 e. The highest BCUT2D eigenvalue weighted by atomic mass is 79.9. The summed E-state index contributed by atoms with van der Waals surface area (Å²) in [5.74, 6) is 1.15. The van der Waals surface area contributed by atoms with Gasteiger partial charge < -0.3 is 9.72 Å². The maximum Gasteiger partial charge on any atom is 0.273 e. The van der Waals surface area contributed by atoms with Gasteiger partial charge in [0.2, 0.25) is 0 Å². The van der Waals surface area contributed by atoms with E-state index < -0.39 is 15.6 Å². The average Bonchev–Trinajstić information content (AvgIpc) is 2.80. The number of aromatic amines is 1. The maximum atomic E-state index is 13.6. The molecule has 0 spiro atoms. The van der Waals surface area contributed by atoms with E-state index in [9.17, 15) is 13.2 Å². The maximum absolute atomic E-state index is 13.6. The number of nitrogens with zero attached hydrogens (tertiary/aromatic N) is 1. The van der Waals surface area contributed by atoms with Crippen molar-refractivity contribution in [1.82, 2.24) is 4.98 Å². The Bertz CT molecular complexity index is 1360. The Kier molecular flexibility index (Phi) is 6.43. The van der Waals surface area contributed by atoms with Crippen LogP contribution < -0.4 is 14.6 Å². The number of rotatable bonds is 7. The lowest BCUT2D eigenvalue weighted by Crippen LogP contribution is -2.35. The van der Waals surface area contributed by atoms with Crippen molar-refractivity contribution in [2.45, 2.75) is 11.4 Å². The molecule has 162 valence electrons. The molecule has 4 rings (SSSR count). The first kappa shape index (κ1) is 21.9. The zero-order valence-electron chi connectivity index (χ0n) is 16.8. The molecule has 1 aromatic heterocycles. The van der Waals surface area contributed by atoms with Gasteiger partial charge in [0.05, 0.1) is 11.4 Å². The number of benzene rings is 3. The predicted molar refractivity (Wildman–Crippen MR) is 128 cm³/mol. The third-order valence-corrected chi connectivity index (χ3v) is 7.09. The van der Waals surface area contributed by atoms with E-state index in [1.807, 2.05) is 60.7 Å². The van der Waals surface area contributed by atoms with Crippen LogP contribution in [0.25, 0.3) is 0 Å². The van der Waals surface area contributed by atoms with E-state index in [1.54, 1.807) is 18.2 Å². The van der Waals surface area contributed by atoms with E-state index in [0.29, 0.717) is 16.0 Å². The number of para-hydroxylation sites is 1. The van der Waals surface area contributed by atoms with Crippen LogP contribution in [0.1, 0.15) is 5.56 Å². The van der Waals surface area contributed by atoms with Gasteiger partial charge in [-0.2, -0.15) is 0 Å². The van der Waals surface area contributed by atoms with E-state index in [0.717, 1.165) is 9.87 Å². The van der Waals surface area contributed by atoms with Crippen LogP contribution in [0.5, 0.6) is 11.5 Å². The van der Waals surface area contributed by atoms with Crippen LogP contribution in [-0.4, -0.2) is 13.4 Å². The Balaban J connectivity index is 1.72. The number of halogens is 1. The van der Waals surface area contributed by atoms with Gasteiger partial charge in [-0.25, -0.2) is 8.42 Å². The monoisotopic (exact) mass is 510 g/mol. The molecule has 0 aliphatic heterocycles. The normalized spacial score (nSPS) is 11.2. The molecule has 1 heterocycles. The molecule has 0 fully saturated rings. The number of hydrogen-bond donors (Lipinski definition) is 1. The highest BCUT2D eigenvalue weighted by Crippen LogP contribution is 2.30. The summed E-state index contributed by atoms with van der Waals surface area (Å²) in [5, 5.41) is 0. The molecular formula is C24H19BrN2O4S. The van der Waals surface area contributed by atoms with Crippen molar-refractivity contribution in [1.29, 1.82) is 0 Å². The lowest BCUT2D eigenvalue weighted by Gasteiger charge is -2.25. The quantitative estimate of drug-likeness (QED) is 0.364. The van der Waals surface area contributed by atoms with Crippen LogP contribution in [0, 0.1) is 0 Å². The minimum absolute atomic E-state index is 0.00284. The molecule has 0 saturated heterocycles. The van der Waals surface area contributed by atoms with Gasteiger partial charge >= 0.3 is 0 Å². The van der Waals surface area contributed by atoms with Crippen LogP contribution in [0.2, 0.25) is 0 Å². The van der Waals surface area contributed by atoms with Gasteiger partial charge in [0, 0.05) is 10.7 Å². The SMILES string of the molecule is O=c1[nH]ccc(Br)c1N(Cc1ccccc1)S(=O)(=O)c1ccc(Oc2ccccc2)cc1. The smallest absolute Gasteiger partial charge is 0.273 e. The number of hydrogen-bond acceptors (Lipinski definition) is 4. The Hall–Kier alpha value is -3.36. The van der Waals surface area contributed by atoms with Crippen LogP contribution in [0.4, 0.5) is 5.69 Å². The fraction of sp³-hybridized carbons (Fsp3) is 0.0417. The first-order valence-corrected chi connectivity index (χ1v) is 12.0. The summed E-state index contributed by atoms with van der Waals surface area (Å²) >= 11 is 3.33. The van der Waals surface area contributed by atoms with E-state index in [4.69, 9.17) is 4.74 Å². The Morgan fingerprint density at radius 2 is 1.41 bits per heavy atom. The molecule has 3 aromatic carbocycles. The second-order valence-electron chi connectivity index (χ2n) is 6.89. The third-order valence-electron chi connectivity index (χ3n) is 4.69. The molecule has 8 heteroatoms. The average molecular weight is 511 g/mol. The summed E-state index contributed by atoms with van der Waals surface area (Å²) in [6.45, 7) is -0.00284. The summed E-state index contributed by atoms with van der Waals surface area (Å²) in [6, 6.07) is 26.0. The summed E-state index contributed by atoms with van der Waals surface area (Å²) in [7, 11) is -4.06. The zero-order chi connectivity index (χ0) is 22.6. The van der Waals surface area contributed by atoms with Crippen molar-refractivity contribution < 1.29 is 13.2 Å². The van der Waals surface area contributed by atoms with Gasteiger partial charge in [0.15, 0.2) is 0 Å². The van der Waals surface area contributed by atoms with Gasteiger partial charge in [-0.05, 0) is 64.0 Å². The molecule has 0 aliphatic carbocycles. The standard InChI is InChI=1S/C24H19BrN2O4S/c25-22-15-16-26-24(28)23(22)27(17-18-7-3-1-4-8-18)32(29,30)21-13-11-20(12-14-21)31-19-9-5-2-6-10-19/h1-16H,17H2,(H,26,28). The highest BCUT2D eigenvalue weighted by Gasteiger charge is 2.29. The number of aromatic nitrogens is 1. The van der Waals surface area contributed by atoms with E-state index in [1.165, 1.54) is 18.3 Å². The van der Waals surface area contributed by atoms with Crippen molar-refractivity contribution in [2.24, 2.45) is 0 Å². The molecule has 0 radical (unpaired) electrons. The molecule has 1 N–H and O–H groups in total. The van der Waals surface area contributed by atoms with Crippen molar-refractivity contribution in [3.8, 4) is 11.5 Å².